The molecule has 2 aromatic rings. The van der Waals surface area contributed by atoms with E-state index in [0.717, 1.165) is 0 Å². The molecular weight excluding hydrogens is 514 g/mol. The largest absolute Gasteiger partial charge is 0.480 e. The first-order valence-corrected chi connectivity index (χ1v) is 13.7. The number of esters is 3. The van der Waals surface area contributed by atoms with Gasteiger partial charge in [-0.15, -0.1) is 0 Å². The number of carboxylic acids is 1. The summed E-state index contributed by atoms with van der Waals surface area (Å²) >= 11 is 0. The van der Waals surface area contributed by atoms with Crippen LogP contribution in [0, 0.1) is 11.8 Å². The number of carbonyl (C=O) groups is 4. The van der Waals surface area contributed by atoms with Crippen LogP contribution in [0.25, 0.3) is 0 Å². The van der Waals surface area contributed by atoms with E-state index in [9.17, 15) is 24.3 Å². The minimum Gasteiger partial charge on any atom is -0.480 e. The summed E-state index contributed by atoms with van der Waals surface area (Å²) in [5, 5.41) is 9.71. The van der Waals surface area contributed by atoms with Gasteiger partial charge in [-0.1, -0.05) is 52.0 Å². The first kappa shape index (κ1) is 32.5. The lowest BCUT2D eigenvalue weighted by Crippen LogP contribution is -2.38. The number of hydrogen-bond donors (Lipinski definition) is 2. The van der Waals surface area contributed by atoms with Crippen LogP contribution in [-0.4, -0.2) is 41.1 Å². The van der Waals surface area contributed by atoms with E-state index >= 15 is 0 Å². The number of aliphatic carboxylic acids is 1. The highest BCUT2D eigenvalue weighted by molar-refractivity contribution is 5.89. The fourth-order valence-corrected chi connectivity index (χ4v) is 3.97. The lowest BCUT2D eigenvalue weighted by atomic mass is 9.87. The Labute approximate surface area is 236 Å². The predicted molar refractivity (Wildman–Crippen MR) is 150 cm³/mol. The minimum absolute atomic E-state index is 0.000625. The van der Waals surface area contributed by atoms with Crippen LogP contribution >= 0.6 is 0 Å². The Morgan fingerprint density at radius 2 is 1.35 bits per heavy atom. The van der Waals surface area contributed by atoms with Gasteiger partial charge in [-0.25, -0.2) is 4.79 Å². The molecule has 9 nitrogen and oxygen atoms in total. The maximum Gasteiger partial charge on any atom is 0.338 e. The van der Waals surface area contributed by atoms with Gasteiger partial charge >= 0.3 is 23.9 Å². The van der Waals surface area contributed by atoms with E-state index in [1.165, 1.54) is 12.1 Å². The number of ether oxygens (including phenoxy) is 3. The number of hydrogen-bond acceptors (Lipinski definition) is 8. The first-order valence-electron chi connectivity index (χ1n) is 13.7. The van der Waals surface area contributed by atoms with Crippen LogP contribution in [-0.2, 0) is 19.1 Å². The summed E-state index contributed by atoms with van der Waals surface area (Å²) in [5.41, 5.74) is 6.87. The van der Waals surface area contributed by atoms with E-state index in [4.69, 9.17) is 19.9 Å². The summed E-state index contributed by atoms with van der Waals surface area (Å²) in [5.74, 6) is -2.93. The molecule has 0 fully saturated rings. The molecule has 0 aliphatic heterocycles. The Bertz CT molecular complexity index is 1150. The van der Waals surface area contributed by atoms with Crippen LogP contribution in [0.3, 0.4) is 0 Å². The van der Waals surface area contributed by atoms with Crippen molar-refractivity contribution in [2.75, 3.05) is 0 Å². The molecule has 3 N–H and O–H groups in total. The number of nitrogens with two attached hydrogens (primary N) is 1. The van der Waals surface area contributed by atoms with Gasteiger partial charge in [-0.05, 0) is 67.9 Å². The standard InChI is InChI=1S/C31H41NO8/c1-19(2)11-15-27(33)39-25-14-13-23(18-26(25)40-28(34)16-12-20(3)4)24(29(32)30(35)36)17-21(5)38-31(37)22-9-7-6-8-10-22/h6-10,13-14,18-21,24,29H,11-12,15-17,32H2,1-5H3,(H,35,36)/t21?,24?,29-/m0/s1. The Balaban J connectivity index is 2.34. The van der Waals surface area contributed by atoms with E-state index < -0.39 is 41.9 Å². The van der Waals surface area contributed by atoms with Gasteiger partial charge in [0, 0.05) is 18.8 Å². The second-order valence-corrected chi connectivity index (χ2v) is 10.8. The summed E-state index contributed by atoms with van der Waals surface area (Å²) in [7, 11) is 0. The Morgan fingerprint density at radius 3 is 1.88 bits per heavy atom. The molecule has 0 aromatic heterocycles. The predicted octanol–water partition coefficient (Wildman–Crippen LogP) is 5.50. The molecule has 9 heteroatoms. The van der Waals surface area contributed by atoms with Gasteiger partial charge in [0.15, 0.2) is 11.5 Å². The zero-order valence-corrected chi connectivity index (χ0v) is 23.9. The topological polar surface area (TPSA) is 142 Å². The summed E-state index contributed by atoms with van der Waals surface area (Å²) < 4.78 is 16.7. The molecule has 0 radical (unpaired) electrons. The molecule has 0 aliphatic carbocycles. The molecule has 0 spiro atoms. The highest BCUT2D eigenvalue weighted by Gasteiger charge is 2.30. The van der Waals surface area contributed by atoms with Crippen molar-refractivity contribution < 1.29 is 38.5 Å². The number of benzene rings is 2. The monoisotopic (exact) mass is 555 g/mol. The number of rotatable bonds is 15. The molecule has 0 saturated carbocycles. The summed E-state index contributed by atoms with van der Waals surface area (Å²) in [6.45, 7) is 9.61. The molecule has 0 amide bonds. The average Bonchev–Trinajstić information content (AvgIpc) is 2.90. The third-order valence-corrected chi connectivity index (χ3v) is 6.32. The van der Waals surface area contributed by atoms with E-state index in [1.54, 1.807) is 43.3 Å². The van der Waals surface area contributed by atoms with Crippen molar-refractivity contribution in [3.63, 3.8) is 0 Å². The quantitative estimate of drug-likeness (QED) is 0.215. The first-order chi connectivity index (χ1) is 18.9. The summed E-state index contributed by atoms with van der Waals surface area (Å²) in [4.78, 5) is 49.5. The van der Waals surface area contributed by atoms with Gasteiger partial charge < -0.3 is 25.1 Å². The summed E-state index contributed by atoms with van der Waals surface area (Å²) in [6, 6.07) is 11.6. The van der Waals surface area contributed by atoms with Gasteiger partial charge in [-0.3, -0.25) is 14.4 Å². The lowest BCUT2D eigenvalue weighted by Gasteiger charge is -2.25. The maximum atomic E-state index is 12.6. The third kappa shape index (κ3) is 10.8. The molecule has 2 aromatic carbocycles. The van der Waals surface area contributed by atoms with Crippen LogP contribution in [0.5, 0.6) is 11.5 Å². The zero-order valence-electron chi connectivity index (χ0n) is 23.9. The molecule has 0 bridgehead atoms. The smallest absolute Gasteiger partial charge is 0.338 e. The van der Waals surface area contributed by atoms with E-state index in [-0.39, 0.29) is 36.7 Å². The molecular formula is C31H41NO8. The number of carbonyl (C=O) groups excluding carboxylic acids is 3. The molecule has 3 atom stereocenters. The van der Waals surface area contributed by atoms with Crippen LogP contribution in [0.2, 0.25) is 0 Å². The van der Waals surface area contributed by atoms with E-state index in [0.29, 0.717) is 29.9 Å². The fraction of sp³-hybridized carbons (Fsp3) is 0.484. The van der Waals surface area contributed by atoms with Crippen molar-refractivity contribution >= 4 is 23.9 Å². The van der Waals surface area contributed by atoms with E-state index in [2.05, 4.69) is 0 Å². The van der Waals surface area contributed by atoms with Crippen molar-refractivity contribution in [3.05, 3.63) is 59.7 Å². The lowest BCUT2D eigenvalue weighted by molar-refractivity contribution is -0.139. The van der Waals surface area contributed by atoms with Crippen molar-refractivity contribution in [3.8, 4) is 11.5 Å². The molecule has 218 valence electrons. The fourth-order valence-electron chi connectivity index (χ4n) is 3.97. The second kappa shape index (κ2) is 15.8. The molecule has 2 rings (SSSR count). The van der Waals surface area contributed by atoms with Gasteiger partial charge in [-0.2, -0.15) is 0 Å². The van der Waals surface area contributed by atoms with Crippen molar-refractivity contribution in [1.82, 2.24) is 0 Å². The zero-order chi connectivity index (χ0) is 29.8. The Morgan fingerprint density at radius 1 is 0.800 bits per heavy atom. The van der Waals surface area contributed by atoms with Gasteiger partial charge in [0.2, 0.25) is 0 Å². The normalized spacial score (nSPS) is 13.4. The van der Waals surface area contributed by atoms with Crippen LogP contribution < -0.4 is 15.2 Å². The van der Waals surface area contributed by atoms with Crippen LogP contribution in [0.15, 0.2) is 48.5 Å². The van der Waals surface area contributed by atoms with Crippen molar-refractivity contribution in [2.24, 2.45) is 17.6 Å². The molecule has 2 unspecified atom stereocenters. The van der Waals surface area contributed by atoms with E-state index in [1.807, 2.05) is 27.7 Å². The van der Waals surface area contributed by atoms with Crippen LogP contribution in [0.1, 0.15) is 88.6 Å². The molecule has 0 heterocycles. The van der Waals surface area contributed by atoms with Crippen LogP contribution in [0.4, 0.5) is 0 Å². The molecule has 40 heavy (non-hydrogen) atoms. The third-order valence-electron chi connectivity index (χ3n) is 6.32. The highest BCUT2D eigenvalue weighted by atomic mass is 16.6. The van der Waals surface area contributed by atoms with Gasteiger partial charge in [0.1, 0.15) is 12.1 Å². The highest BCUT2D eigenvalue weighted by Crippen LogP contribution is 2.35. The SMILES string of the molecule is CC(C)CCC(=O)Oc1ccc(C(CC(C)OC(=O)c2ccccc2)[C@H](N)C(=O)O)cc1OC(=O)CCC(C)C. The molecule has 0 aliphatic rings. The molecule has 0 saturated heterocycles. The summed E-state index contributed by atoms with van der Waals surface area (Å²) in [6.07, 6.45) is 0.993. The van der Waals surface area contributed by atoms with Crippen molar-refractivity contribution in [1.29, 1.82) is 0 Å². The minimum atomic E-state index is -1.35. The second-order valence-electron chi connectivity index (χ2n) is 10.8. The Hall–Kier alpha value is -3.72. The van der Waals surface area contributed by atoms with Crippen molar-refractivity contribution in [2.45, 2.75) is 84.8 Å². The maximum absolute atomic E-state index is 12.6. The van der Waals surface area contributed by atoms with Gasteiger partial charge in [0.25, 0.3) is 0 Å². The number of carboxylic acid groups (broad SMARTS) is 1. The Kier molecular flexibility index (Phi) is 12.8. The average molecular weight is 556 g/mol. The van der Waals surface area contributed by atoms with Gasteiger partial charge in [0.05, 0.1) is 5.56 Å².